The van der Waals surface area contributed by atoms with E-state index in [-0.39, 0.29) is 18.4 Å². The Kier molecular flexibility index (Phi) is 7.53. The molecule has 0 fully saturated rings. The molecule has 0 radical (unpaired) electrons. The van der Waals surface area contributed by atoms with Gasteiger partial charge in [0.05, 0.1) is 11.4 Å². The first-order valence-electron chi connectivity index (χ1n) is 7.42. The summed E-state index contributed by atoms with van der Waals surface area (Å²) in [7, 11) is -3.32. The molecule has 0 aliphatic carbocycles. The minimum Gasteiger partial charge on any atom is -0.490 e. The average molecular weight is 314 g/mol. The molecule has 1 unspecified atom stereocenters. The lowest BCUT2D eigenvalue weighted by molar-refractivity contribution is 0.341. The Morgan fingerprint density at radius 1 is 1.29 bits per heavy atom. The van der Waals surface area contributed by atoms with Crippen molar-refractivity contribution in [1.29, 1.82) is 0 Å². The summed E-state index contributed by atoms with van der Waals surface area (Å²) in [6.45, 7) is 4.11. The number of nitrogens with two attached hydrogens (primary N) is 1. The fourth-order valence-electron chi connectivity index (χ4n) is 2.00. The van der Waals surface area contributed by atoms with Crippen molar-refractivity contribution in [2.24, 2.45) is 0 Å². The van der Waals surface area contributed by atoms with Gasteiger partial charge in [-0.05, 0) is 25.5 Å². The maximum absolute atomic E-state index is 11.9. The summed E-state index contributed by atoms with van der Waals surface area (Å²) in [6.07, 6.45) is 4.16. The van der Waals surface area contributed by atoms with Crippen LogP contribution in [0.1, 0.15) is 39.5 Å². The van der Waals surface area contributed by atoms with Gasteiger partial charge in [0, 0.05) is 6.04 Å². The molecule has 0 aliphatic rings. The van der Waals surface area contributed by atoms with Gasteiger partial charge in [-0.25, -0.2) is 13.1 Å². The molecule has 6 heteroatoms. The van der Waals surface area contributed by atoms with Crippen LogP contribution in [0.2, 0.25) is 0 Å². The second-order valence-corrected chi connectivity index (χ2v) is 7.09. The van der Waals surface area contributed by atoms with Crippen molar-refractivity contribution in [3.05, 3.63) is 24.3 Å². The standard InChI is InChI=1S/C15H26N2O3S/c1-3-4-5-8-13(2)17-21(18,19)12-11-20-15-10-7-6-9-14(15)16/h6-7,9-10,13,17H,3-5,8,11-12,16H2,1-2H3. The Balaban J connectivity index is 2.34. The van der Waals surface area contributed by atoms with Gasteiger partial charge >= 0.3 is 0 Å². The largest absolute Gasteiger partial charge is 0.490 e. The Morgan fingerprint density at radius 3 is 2.67 bits per heavy atom. The Labute approximate surface area is 127 Å². The molecule has 0 amide bonds. The molecule has 0 heterocycles. The zero-order valence-corrected chi connectivity index (χ0v) is 13.7. The number of para-hydroxylation sites is 2. The summed E-state index contributed by atoms with van der Waals surface area (Å²) in [5, 5.41) is 0. The van der Waals surface area contributed by atoms with Gasteiger partial charge in [-0.2, -0.15) is 0 Å². The fourth-order valence-corrected chi connectivity index (χ4v) is 3.15. The molecule has 0 saturated heterocycles. The number of nitrogen functional groups attached to an aromatic ring is 1. The summed E-state index contributed by atoms with van der Waals surface area (Å²) in [4.78, 5) is 0. The van der Waals surface area contributed by atoms with E-state index in [1.165, 1.54) is 0 Å². The van der Waals surface area contributed by atoms with Gasteiger partial charge in [-0.1, -0.05) is 38.3 Å². The number of nitrogens with one attached hydrogen (secondary N) is 1. The number of ether oxygens (including phenoxy) is 1. The maximum Gasteiger partial charge on any atom is 0.215 e. The second kappa shape index (κ2) is 8.89. The van der Waals surface area contributed by atoms with Crippen molar-refractivity contribution in [3.8, 4) is 5.75 Å². The highest BCUT2D eigenvalue weighted by molar-refractivity contribution is 7.89. The highest BCUT2D eigenvalue weighted by atomic mass is 32.2. The first kappa shape index (κ1) is 17.8. The topological polar surface area (TPSA) is 81.4 Å². The van der Waals surface area contributed by atoms with E-state index in [0.29, 0.717) is 11.4 Å². The van der Waals surface area contributed by atoms with Crippen LogP contribution in [-0.4, -0.2) is 26.8 Å². The van der Waals surface area contributed by atoms with E-state index < -0.39 is 10.0 Å². The summed E-state index contributed by atoms with van der Waals surface area (Å²) >= 11 is 0. The maximum atomic E-state index is 11.9. The quantitative estimate of drug-likeness (QED) is 0.513. The van der Waals surface area contributed by atoms with Crippen LogP contribution < -0.4 is 15.2 Å². The first-order chi connectivity index (χ1) is 9.94. The summed E-state index contributed by atoms with van der Waals surface area (Å²) in [5.41, 5.74) is 6.24. The van der Waals surface area contributed by atoms with Crippen LogP contribution in [0.4, 0.5) is 5.69 Å². The molecule has 0 aromatic heterocycles. The fraction of sp³-hybridized carbons (Fsp3) is 0.600. The van der Waals surface area contributed by atoms with Crippen molar-refractivity contribution in [2.45, 2.75) is 45.6 Å². The molecule has 3 N–H and O–H groups in total. The van der Waals surface area contributed by atoms with E-state index in [1.807, 2.05) is 6.92 Å². The van der Waals surface area contributed by atoms with Gasteiger partial charge in [0.1, 0.15) is 12.4 Å². The molecule has 0 saturated carbocycles. The molecule has 21 heavy (non-hydrogen) atoms. The van der Waals surface area contributed by atoms with Gasteiger partial charge in [-0.15, -0.1) is 0 Å². The zero-order valence-electron chi connectivity index (χ0n) is 12.8. The smallest absolute Gasteiger partial charge is 0.215 e. The molecule has 1 aromatic rings. The van der Waals surface area contributed by atoms with Gasteiger partial charge in [0.25, 0.3) is 0 Å². The van der Waals surface area contributed by atoms with Crippen molar-refractivity contribution >= 4 is 15.7 Å². The van der Waals surface area contributed by atoms with Crippen molar-refractivity contribution in [2.75, 3.05) is 18.1 Å². The van der Waals surface area contributed by atoms with Gasteiger partial charge < -0.3 is 10.5 Å². The van der Waals surface area contributed by atoms with Crippen LogP contribution in [-0.2, 0) is 10.0 Å². The molecule has 1 aromatic carbocycles. The van der Waals surface area contributed by atoms with Crippen LogP contribution in [0.15, 0.2) is 24.3 Å². The van der Waals surface area contributed by atoms with E-state index in [0.717, 1.165) is 25.7 Å². The van der Waals surface area contributed by atoms with Crippen molar-refractivity contribution < 1.29 is 13.2 Å². The SMILES string of the molecule is CCCCCC(C)NS(=O)(=O)CCOc1ccccc1N. The molecular weight excluding hydrogens is 288 g/mol. The van der Waals surface area contributed by atoms with Gasteiger partial charge in [-0.3, -0.25) is 0 Å². The zero-order chi connectivity index (χ0) is 15.7. The monoisotopic (exact) mass is 314 g/mol. The molecule has 5 nitrogen and oxygen atoms in total. The van der Waals surface area contributed by atoms with Gasteiger partial charge in [0.15, 0.2) is 0 Å². The number of anilines is 1. The second-order valence-electron chi connectivity index (χ2n) is 5.22. The number of rotatable bonds is 10. The van der Waals surface area contributed by atoms with Crippen molar-refractivity contribution in [3.63, 3.8) is 0 Å². The van der Waals surface area contributed by atoms with E-state index in [9.17, 15) is 8.42 Å². The summed E-state index contributed by atoms with van der Waals surface area (Å²) in [5.74, 6) is 0.447. The van der Waals surface area contributed by atoms with Crippen LogP contribution in [0.25, 0.3) is 0 Å². The van der Waals surface area contributed by atoms with Gasteiger partial charge in [0.2, 0.25) is 10.0 Å². The molecule has 0 bridgehead atoms. The Bertz CT molecular complexity index is 517. The van der Waals surface area contributed by atoms with Crippen LogP contribution in [0.5, 0.6) is 5.75 Å². The molecule has 1 atom stereocenters. The molecule has 120 valence electrons. The molecule has 1 rings (SSSR count). The average Bonchev–Trinajstić information content (AvgIpc) is 2.40. The van der Waals surface area contributed by atoms with Crippen molar-refractivity contribution in [1.82, 2.24) is 4.72 Å². The van der Waals surface area contributed by atoms with Crippen LogP contribution in [0, 0.1) is 0 Å². The predicted molar refractivity (Wildman–Crippen MR) is 86.9 cm³/mol. The predicted octanol–water partition coefficient (Wildman–Crippen LogP) is 2.54. The van der Waals surface area contributed by atoms with E-state index in [4.69, 9.17) is 10.5 Å². The van der Waals surface area contributed by atoms with E-state index in [2.05, 4.69) is 11.6 Å². The van der Waals surface area contributed by atoms with E-state index >= 15 is 0 Å². The normalized spacial score (nSPS) is 13.0. The number of benzene rings is 1. The lowest BCUT2D eigenvalue weighted by atomic mass is 10.1. The minimum absolute atomic E-state index is 0.0386. The third kappa shape index (κ3) is 7.34. The third-order valence-electron chi connectivity index (χ3n) is 3.15. The molecular formula is C15H26N2O3S. The van der Waals surface area contributed by atoms with E-state index in [1.54, 1.807) is 24.3 Å². The van der Waals surface area contributed by atoms with Crippen LogP contribution in [0.3, 0.4) is 0 Å². The lowest BCUT2D eigenvalue weighted by Crippen LogP contribution is -2.35. The number of hydrogen-bond donors (Lipinski definition) is 2. The lowest BCUT2D eigenvalue weighted by Gasteiger charge is -2.14. The number of hydrogen-bond acceptors (Lipinski definition) is 4. The van der Waals surface area contributed by atoms with Crippen LogP contribution >= 0.6 is 0 Å². The first-order valence-corrected chi connectivity index (χ1v) is 9.07. The number of sulfonamides is 1. The molecule has 0 aliphatic heterocycles. The Hall–Kier alpha value is -1.27. The summed E-state index contributed by atoms with van der Waals surface area (Å²) < 4.78 is 31.9. The third-order valence-corrected chi connectivity index (χ3v) is 4.62. The number of unbranched alkanes of at least 4 members (excludes halogenated alkanes) is 2. The molecule has 0 spiro atoms. The highest BCUT2D eigenvalue weighted by Crippen LogP contribution is 2.19. The highest BCUT2D eigenvalue weighted by Gasteiger charge is 2.14. The minimum atomic E-state index is -3.32. The Morgan fingerprint density at radius 2 is 2.00 bits per heavy atom. The summed E-state index contributed by atoms with van der Waals surface area (Å²) in [6, 6.07) is 7.01.